The summed E-state index contributed by atoms with van der Waals surface area (Å²) in [6.07, 6.45) is -2.66. The zero-order valence-corrected chi connectivity index (χ0v) is 14.7. The molecule has 138 valence electrons. The zero-order chi connectivity index (χ0) is 18.9. The van der Waals surface area contributed by atoms with Gasteiger partial charge in [-0.15, -0.1) is 0 Å². The van der Waals surface area contributed by atoms with E-state index < -0.39 is 23.7 Å². The Labute approximate surface area is 150 Å². The van der Waals surface area contributed by atoms with Crippen LogP contribution >= 0.6 is 0 Å². The molecular formula is C20H21F3N2O. The van der Waals surface area contributed by atoms with E-state index in [-0.39, 0.29) is 5.69 Å². The third-order valence-electron chi connectivity index (χ3n) is 4.73. The van der Waals surface area contributed by atoms with Gasteiger partial charge < -0.3 is 10.2 Å². The zero-order valence-electron chi connectivity index (χ0n) is 14.7. The van der Waals surface area contributed by atoms with Crippen LogP contribution in [0.1, 0.15) is 30.0 Å². The molecule has 0 radical (unpaired) electrons. The summed E-state index contributed by atoms with van der Waals surface area (Å²) in [5, 5.41) is 2.46. The number of anilines is 2. The number of nitrogens with one attached hydrogen (secondary N) is 1. The summed E-state index contributed by atoms with van der Waals surface area (Å²) >= 11 is 0. The Morgan fingerprint density at radius 3 is 2.65 bits per heavy atom. The minimum Gasteiger partial charge on any atom is -0.360 e. The first-order valence-electron chi connectivity index (χ1n) is 8.60. The number of alkyl halides is 3. The van der Waals surface area contributed by atoms with Crippen molar-refractivity contribution in [3.8, 4) is 0 Å². The molecular weight excluding hydrogens is 341 g/mol. The number of carbonyl (C=O) groups excluding carboxylic acids is 1. The number of benzene rings is 2. The summed E-state index contributed by atoms with van der Waals surface area (Å²) in [6.45, 7) is 4.44. The van der Waals surface area contributed by atoms with Crippen LogP contribution in [0.25, 0.3) is 0 Å². The molecule has 2 aromatic rings. The van der Waals surface area contributed by atoms with Crippen molar-refractivity contribution in [1.82, 2.24) is 0 Å². The second kappa shape index (κ2) is 7.02. The number of rotatable bonds is 3. The van der Waals surface area contributed by atoms with E-state index in [1.807, 2.05) is 24.0 Å². The lowest BCUT2D eigenvalue weighted by atomic mass is 9.98. The molecule has 0 aliphatic carbocycles. The van der Waals surface area contributed by atoms with Crippen LogP contribution in [0, 0.1) is 6.92 Å². The maximum Gasteiger partial charge on any atom is 0.418 e. The van der Waals surface area contributed by atoms with Gasteiger partial charge in [0, 0.05) is 12.2 Å². The van der Waals surface area contributed by atoms with Gasteiger partial charge >= 0.3 is 6.18 Å². The number of amides is 1. The topological polar surface area (TPSA) is 32.3 Å². The van der Waals surface area contributed by atoms with Crippen molar-refractivity contribution in [2.45, 2.75) is 38.9 Å². The number of para-hydroxylation sites is 1. The largest absolute Gasteiger partial charge is 0.418 e. The predicted molar refractivity (Wildman–Crippen MR) is 96.4 cm³/mol. The van der Waals surface area contributed by atoms with E-state index in [2.05, 4.69) is 11.4 Å². The van der Waals surface area contributed by atoms with E-state index in [0.717, 1.165) is 30.2 Å². The van der Waals surface area contributed by atoms with Crippen LogP contribution in [0.3, 0.4) is 0 Å². The Hall–Kier alpha value is -2.50. The number of carbonyl (C=O) groups is 1. The Balaban J connectivity index is 1.82. The van der Waals surface area contributed by atoms with Crippen molar-refractivity contribution < 1.29 is 18.0 Å². The molecule has 0 bridgehead atoms. The van der Waals surface area contributed by atoms with Crippen molar-refractivity contribution in [3.05, 3.63) is 59.2 Å². The van der Waals surface area contributed by atoms with Crippen molar-refractivity contribution in [3.63, 3.8) is 0 Å². The third-order valence-corrected chi connectivity index (χ3v) is 4.73. The summed E-state index contributed by atoms with van der Waals surface area (Å²) in [4.78, 5) is 14.6. The molecule has 1 N–H and O–H groups in total. The molecule has 1 aliphatic heterocycles. The van der Waals surface area contributed by atoms with E-state index in [0.29, 0.717) is 6.54 Å². The summed E-state index contributed by atoms with van der Waals surface area (Å²) in [6, 6.07) is 10.5. The molecule has 6 heteroatoms. The Morgan fingerprint density at radius 1 is 1.19 bits per heavy atom. The van der Waals surface area contributed by atoms with Crippen LogP contribution in [-0.2, 0) is 17.4 Å². The van der Waals surface area contributed by atoms with Gasteiger partial charge in [0.1, 0.15) is 6.04 Å². The highest BCUT2D eigenvalue weighted by Gasteiger charge is 2.34. The normalized spacial score (nSPS) is 15.3. The molecule has 26 heavy (non-hydrogen) atoms. The average Bonchev–Trinajstić information content (AvgIpc) is 2.59. The van der Waals surface area contributed by atoms with Gasteiger partial charge in [-0.2, -0.15) is 13.2 Å². The van der Waals surface area contributed by atoms with Crippen LogP contribution in [-0.4, -0.2) is 18.5 Å². The molecule has 2 aromatic carbocycles. The van der Waals surface area contributed by atoms with Crippen LogP contribution in [0.5, 0.6) is 0 Å². The fraction of sp³-hybridized carbons (Fsp3) is 0.350. The fourth-order valence-electron chi connectivity index (χ4n) is 3.38. The highest BCUT2D eigenvalue weighted by atomic mass is 19.4. The molecule has 0 spiro atoms. The smallest absolute Gasteiger partial charge is 0.360 e. The molecule has 1 heterocycles. The van der Waals surface area contributed by atoms with Gasteiger partial charge in [-0.05, 0) is 50.5 Å². The lowest BCUT2D eigenvalue weighted by Crippen LogP contribution is -2.44. The summed E-state index contributed by atoms with van der Waals surface area (Å²) < 4.78 is 39.4. The minimum absolute atomic E-state index is 0.210. The Bertz CT molecular complexity index is 817. The van der Waals surface area contributed by atoms with Gasteiger partial charge in [-0.25, -0.2) is 0 Å². The number of halogens is 3. The Morgan fingerprint density at radius 2 is 1.92 bits per heavy atom. The SMILES string of the molecule is Cc1ccc2c(c1)CCCN2C(C)C(=O)Nc1ccccc1C(F)(F)F. The first-order chi connectivity index (χ1) is 12.3. The van der Waals surface area contributed by atoms with E-state index >= 15 is 0 Å². The van der Waals surface area contributed by atoms with Gasteiger partial charge in [0.05, 0.1) is 11.3 Å². The van der Waals surface area contributed by atoms with Gasteiger partial charge in [-0.1, -0.05) is 29.8 Å². The first-order valence-corrected chi connectivity index (χ1v) is 8.60. The van der Waals surface area contributed by atoms with E-state index in [1.165, 1.54) is 23.8 Å². The maximum absolute atomic E-state index is 13.1. The first kappa shape index (κ1) is 18.3. The minimum atomic E-state index is -4.51. The second-order valence-electron chi connectivity index (χ2n) is 6.64. The van der Waals surface area contributed by atoms with Crippen molar-refractivity contribution in [2.75, 3.05) is 16.8 Å². The number of fused-ring (bicyclic) bond motifs is 1. The lowest BCUT2D eigenvalue weighted by Gasteiger charge is -2.35. The van der Waals surface area contributed by atoms with Gasteiger partial charge in [-0.3, -0.25) is 4.79 Å². The van der Waals surface area contributed by atoms with Gasteiger partial charge in [0.25, 0.3) is 0 Å². The van der Waals surface area contributed by atoms with Crippen LogP contribution in [0.15, 0.2) is 42.5 Å². The molecule has 3 nitrogen and oxygen atoms in total. The molecule has 1 unspecified atom stereocenters. The fourth-order valence-corrected chi connectivity index (χ4v) is 3.38. The highest BCUT2D eigenvalue weighted by molar-refractivity contribution is 5.97. The predicted octanol–water partition coefficient (Wildman–Crippen LogP) is 4.79. The van der Waals surface area contributed by atoms with Crippen LogP contribution in [0.4, 0.5) is 24.5 Å². The second-order valence-corrected chi connectivity index (χ2v) is 6.64. The average molecular weight is 362 g/mol. The molecule has 0 saturated carbocycles. The van der Waals surface area contributed by atoms with Crippen LogP contribution < -0.4 is 10.2 Å². The standard InChI is InChI=1S/C20H21F3N2O/c1-13-9-10-18-15(12-13)6-5-11-25(18)14(2)19(26)24-17-8-4-3-7-16(17)20(21,22)23/h3-4,7-10,12,14H,5-6,11H2,1-2H3,(H,24,26). The number of hydrogen-bond donors (Lipinski definition) is 1. The lowest BCUT2D eigenvalue weighted by molar-refractivity contribution is -0.137. The van der Waals surface area contributed by atoms with Crippen LogP contribution in [0.2, 0.25) is 0 Å². The van der Waals surface area contributed by atoms with E-state index in [4.69, 9.17) is 0 Å². The van der Waals surface area contributed by atoms with Crippen molar-refractivity contribution in [1.29, 1.82) is 0 Å². The van der Waals surface area contributed by atoms with E-state index in [1.54, 1.807) is 6.92 Å². The number of aryl methyl sites for hydroxylation is 2. The highest BCUT2D eigenvalue weighted by Crippen LogP contribution is 2.35. The Kier molecular flexibility index (Phi) is 4.94. The maximum atomic E-state index is 13.1. The van der Waals surface area contributed by atoms with Crippen molar-refractivity contribution >= 4 is 17.3 Å². The molecule has 1 aliphatic rings. The molecule has 0 fully saturated rings. The third kappa shape index (κ3) is 3.69. The molecule has 0 saturated heterocycles. The summed E-state index contributed by atoms with van der Waals surface area (Å²) in [7, 11) is 0. The quantitative estimate of drug-likeness (QED) is 0.851. The molecule has 1 atom stereocenters. The molecule has 3 rings (SSSR count). The summed E-state index contributed by atoms with van der Waals surface area (Å²) in [5.41, 5.74) is 2.26. The number of nitrogens with zero attached hydrogens (tertiary/aromatic N) is 1. The van der Waals surface area contributed by atoms with Gasteiger partial charge in [0.2, 0.25) is 5.91 Å². The monoisotopic (exact) mass is 362 g/mol. The van der Waals surface area contributed by atoms with Crippen molar-refractivity contribution in [2.24, 2.45) is 0 Å². The molecule has 1 amide bonds. The summed E-state index contributed by atoms with van der Waals surface area (Å²) in [5.74, 6) is -0.449. The number of hydrogen-bond acceptors (Lipinski definition) is 2. The van der Waals surface area contributed by atoms with Gasteiger partial charge in [0.15, 0.2) is 0 Å². The molecule has 0 aromatic heterocycles. The van der Waals surface area contributed by atoms with E-state index in [9.17, 15) is 18.0 Å².